The number of likely N-dealkylation sites (tertiary alicyclic amines) is 1. The third-order valence-electron chi connectivity index (χ3n) is 4.79. The van der Waals surface area contributed by atoms with Gasteiger partial charge in [-0.2, -0.15) is 24.9 Å². The lowest BCUT2D eigenvalue weighted by atomic mass is 10.1. The van der Waals surface area contributed by atoms with E-state index in [9.17, 15) is 22.8 Å². The van der Waals surface area contributed by atoms with Crippen LogP contribution in [0.4, 0.5) is 18.9 Å². The monoisotopic (exact) mass is 401 g/mol. The second-order valence-corrected chi connectivity index (χ2v) is 8.01. The molecule has 1 unspecified atom stereocenters. The Hall–Kier alpha value is -1.74. The van der Waals surface area contributed by atoms with Gasteiger partial charge in [-0.15, -0.1) is 0 Å². The topological polar surface area (TPSA) is 52.7 Å². The summed E-state index contributed by atoms with van der Waals surface area (Å²) < 4.78 is 38.2. The first-order valence-electron chi connectivity index (χ1n) is 8.89. The van der Waals surface area contributed by atoms with Crippen LogP contribution < -0.4 is 5.32 Å². The van der Waals surface area contributed by atoms with Crippen molar-refractivity contribution in [1.29, 1.82) is 0 Å². The molecule has 9 heteroatoms. The van der Waals surface area contributed by atoms with Crippen LogP contribution >= 0.6 is 11.8 Å². The lowest BCUT2D eigenvalue weighted by Gasteiger charge is -2.28. The third-order valence-corrected chi connectivity index (χ3v) is 5.73. The highest BCUT2D eigenvalue weighted by Crippen LogP contribution is 2.30. The summed E-state index contributed by atoms with van der Waals surface area (Å²) in [5.41, 5.74) is -0.681. The highest BCUT2D eigenvalue weighted by Gasteiger charge is 2.33. The summed E-state index contributed by atoms with van der Waals surface area (Å²) in [4.78, 5) is 28.5. The number of benzene rings is 1. The molecule has 2 amide bonds. The first kappa shape index (κ1) is 20.0. The van der Waals surface area contributed by atoms with E-state index >= 15 is 0 Å². The molecule has 2 aliphatic rings. The highest BCUT2D eigenvalue weighted by molar-refractivity contribution is 7.99. The van der Waals surface area contributed by atoms with E-state index in [1.165, 1.54) is 12.1 Å². The van der Waals surface area contributed by atoms with Crippen LogP contribution in [-0.4, -0.2) is 65.8 Å². The van der Waals surface area contributed by atoms with Crippen molar-refractivity contribution in [2.75, 3.05) is 49.5 Å². The molecule has 0 aromatic heterocycles. The van der Waals surface area contributed by atoms with Gasteiger partial charge in [-0.05, 0) is 31.2 Å². The summed E-state index contributed by atoms with van der Waals surface area (Å²) in [6.45, 7) is 2.76. The van der Waals surface area contributed by atoms with Crippen LogP contribution in [0.5, 0.6) is 0 Å². The molecule has 5 nitrogen and oxygen atoms in total. The van der Waals surface area contributed by atoms with Crippen LogP contribution in [-0.2, 0) is 15.8 Å². The number of rotatable bonds is 4. The predicted octanol–water partition coefficient (Wildman–Crippen LogP) is 2.54. The van der Waals surface area contributed by atoms with Gasteiger partial charge in [0.1, 0.15) is 0 Å². The molecule has 2 aliphatic heterocycles. The SMILES string of the molecule is O=C(CN1CCC(C(=O)N2CCSCC2)C1)Nc1cccc(C(F)(F)F)c1. The van der Waals surface area contributed by atoms with E-state index in [0.717, 1.165) is 36.7 Å². The zero-order chi connectivity index (χ0) is 19.4. The Kier molecular flexibility index (Phi) is 6.31. The van der Waals surface area contributed by atoms with Gasteiger partial charge in [-0.3, -0.25) is 14.5 Å². The second kappa shape index (κ2) is 8.52. The number of carbonyl (C=O) groups excluding carboxylic acids is 2. The molecule has 0 radical (unpaired) electrons. The van der Waals surface area contributed by atoms with Crippen molar-refractivity contribution >= 4 is 29.3 Å². The van der Waals surface area contributed by atoms with Gasteiger partial charge in [0.25, 0.3) is 0 Å². The van der Waals surface area contributed by atoms with Crippen molar-refractivity contribution < 1.29 is 22.8 Å². The molecule has 27 heavy (non-hydrogen) atoms. The Morgan fingerprint density at radius 3 is 2.63 bits per heavy atom. The number of halogens is 3. The number of hydrogen-bond acceptors (Lipinski definition) is 4. The van der Waals surface area contributed by atoms with Crippen molar-refractivity contribution in [3.8, 4) is 0 Å². The van der Waals surface area contributed by atoms with E-state index in [1.807, 2.05) is 21.6 Å². The largest absolute Gasteiger partial charge is 0.416 e. The molecule has 1 aromatic rings. The van der Waals surface area contributed by atoms with Gasteiger partial charge >= 0.3 is 6.18 Å². The Labute approximate surface area is 160 Å². The number of anilines is 1. The minimum absolute atomic E-state index is 0.0654. The molecule has 1 N–H and O–H groups in total. The fourth-order valence-corrected chi connectivity index (χ4v) is 4.30. The van der Waals surface area contributed by atoms with Crippen LogP contribution in [0, 0.1) is 5.92 Å². The van der Waals surface area contributed by atoms with Gasteiger partial charge in [-0.25, -0.2) is 0 Å². The zero-order valence-corrected chi connectivity index (χ0v) is 15.6. The van der Waals surface area contributed by atoms with Crippen molar-refractivity contribution in [1.82, 2.24) is 9.80 Å². The number of nitrogens with zero attached hydrogens (tertiary/aromatic N) is 2. The maximum absolute atomic E-state index is 12.7. The summed E-state index contributed by atoms with van der Waals surface area (Å²) in [6, 6.07) is 4.58. The van der Waals surface area contributed by atoms with E-state index < -0.39 is 11.7 Å². The molecule has 2 heterocycles. The first-order valence-corrected chi connectivity index (χ1v) is 10.0. The molecular weight excluding hydrogens is 379 g/mol. The number of carbonyl (C=O) groups is 2. The van der Waals surface area contributed by atoms with E-state index in [-0.39, 0.29) is 30.0 Å². The second-order valence-electron chi connectivity index (χ2n) is 6.79. The molecule has 3 rings (SSSR count). The quantitative estimate of drug-likeness (QED) is 0.843. The van der Waals surface area contributed by atoms with Gasteiger partial charge in [0.2, 0.25) is 11.8 Å². The third kappa shape index (κ3) is 5.38. The summed E-state index contributed by atoms with van der Waals surface area (Å²) in [5, 5.41) is 2.51. The predicted molar refractivity (Wildman–Crippen MR) is 98.5 cm³/mol. The van der Waals surface area contributed by atoms with Crippen molar-refractivity contribution in [2.45, 2.75) is 12.6 Å². The average molecular weight is 401 g/mol. The van der Waals surface area contributed by atoms with E-state index in [2.05, 4.69) is 5.32 Å². The van der Waals surface area contributed by atoms with Gasteiger partial charge in [0, 0.05) is 36.8 Å². The average Bonchev–Trinajstić information content (AvgIpc) is 3.09. The molecule has 0 spiro atoms. The zero-order valence-electron chi connectivity index (χ0n) is 14.8. The summed E-state index contributed by atoms with van der Waals surface area (Å²) in [6.07, 6.45) is -3.74. The summed E-state index contributed by atoms with van der Waals surface area (Å²) in [5.74, 6) is 1.59. The van der Waals surface area contributed by atoms with Crippen LogP contribution in [0.15, 0.2) is 24.3 Å². The van der Waals surface area contributed by atoms with Crippen molar-refractivity contribution in [3.05, 3.63) is 29.8 Å². The lowest BCUT2D eigenvalue weighted by molar-refractivity contribution is -0.137. The molecule has 0 aliphatic carbocycles. The standard InChI is InChI=1S/C18H22F3N3O2S/c19-18(20,21)14-2-1-3-15(10-14)22-16(25)12-23-5-4-13(11-23)17(26)24-6-8-27-9-7-24/h1-3,10,13H,4-9,11-12H2,(H,22,25). The molecule has 2 saturated heterocycles. The van der Waals surface area contributed by atoms with Gasteiger partial charge in [-0.1, -0.05) is 6.07 Å². The lowest BCUT2D eigenvalue weighted by Crippen LogP contribution is -2.42. The van der Waals surface area contributed by atoms with Crippen molar-refractivity contribution in [2.24, 2.45) is 5.92 Å². The van der Waals surface area contributed by atoms with Crippen LogP contribution in [0.3, 0.4) is 0 Å². The molecule has 1 aromatic carbocycles. The van der Waals surface area contributed by atoms with Crippen LogP contribution in [0.1, 0.15) is 12.0 Å². The van der Waals surface area contributed by atoms with E-state index in [1.54, 1.807) is 0 Å². The Morgan fingerprint density at radius 1 is 1.19 bits per heavy atom. The van der Waals surface area contributed by atoms with E-state index in [4.69, 9.17) is 0 Å². The first-order chi connectivity index (χ1) is 12.8. The Morgan fingerprint density at radius 2 is 1.93 bits per heavy atom. The molecule has 2 fully saturated rings. The summed E-state index contributed by atoms with van der Waals surface area (Å²) in [7, 11) is 0. The number of alkyl halides is 3. The van der Waals surface area contributed by atoms with Gasteiger partial charge < -0.3 is 10.2 Å². The molecular formula is C18H22F3N3O2S. The van der Waals surface area contributed by atoms with Crippen LogP contribution in [0.2, 0.25) is 0 Å². The molecule has 148 valence electrons. The normalized spacial score (nSPS) is 21.3. The van der Waals surface area contributed by atoms with Crippen LogP contribution in [0.25, 0.3) is 0 Å². The van der Waals surface area contributed by atoms with Gasteiger partial charge in [0.15, 0.2) is 0 Å². The Bertz CT molecular complexity index is 693. The fraction of sp³-hybridized carbons (Fsp3) is 0.556. The molecule has 0 saturated carbocycles. The summed E-state index contributed by atoms with van der Waals surface area (Å²) >= 11 is 1.84. The molecule has 1 atom stereocenters. The maximum atomic E-state index is 12.7. The highest BCUT2D eigenvalue weighted by atomic mass is 32.2. The maximum Gasteiger partial charge on any atom is 0.416 e. The fourth-order valence-electron chi connectivity index (χ4n) is 3.40. The molecule has 0 bridgehead atoms. The number of hydrogen-bond donors (Lipinski definition) is 1. The number of nitrogens with one attached hydrogen (secondary N) is 1. The van der Waals surface area contributed by atoms with Crippen molar-refractivity contribution in [3.63, 3.8) is 0 Å². The number of thioether (sulfide) groups is 1. The Balaban J connectivity index is 1.50. The van der Waals surface area contributed by atoms with Gasteiger partial charge in [0.05, 0.1) is 18.0 Å². The minimum Gasteiger partial charge on any atom is -0.341 e. The van der Waals surface area contributed by atoms with E-state index in [0.29, 0.717) is 19.5 Å². The number of amides is 2. The smallest absolute Gasteiger partial charge is 0.341 e. The minimum atomic E-state index is -4.45.